The molecule has 0 bridgehead atoms. The van der Waals surface area contributed by atoms with Gasteiger partial charge in [-0.05, 0) is 61.0 Å². The predicted molar refractivity (Wildman–Crippen MR) is 154 cm³/mol. The van der Waals surface area contributed by atoms with Crippen LogP contribution in [0.3, 0.4) is 0 Å². The van der Waals surface area contributed by atoms with E-state index in [1.165, 1.54) is 21.6 Å². The van der Waals surface area contributed by atoms with Gasteiger partial charge in [-0.2, -0.15) is 0 Å². The van der Waals surface area contributed by atoms with E-state index in [0.717, 1.165) is 28.7 Å². The Morgan fingerprint density at radius 2 is 1.62 bits per heavy atom. The van der Waals surface area contributed by atoms with Gasteiger partial charge in [0.25, 0.3) is 0 Å². The second kappa shape index (κ2) is 10.3. The van der Waals surface area contributed by atoms with Gasteiger partial charge in [0.2, 0.25) is 17.7 Å². The van der Waals surface area contributed by atoms with Gasteiger partial charge in [-0.25, -0.2) is 9.29 Å². The molecule has 1 aromatic heterocycles. The lowest BCUT2D eigenvalue weighted by Crippen LogP contribution is -2.33. The normalized spacial score (nSPS) is 19.9. The molecule has 3 atom stereocenters. The highest BCUT2D eigenvalue weighted by atomic mass is 35.5. The minimum atomic E-state index is -0.823. The van der Waals surface area contributed by atoms with Gasteiger partial charge in [-0.1, -0.05) is 64.5 Å². The molecule has 1 N–H and O–H groups in total. The lowest BCUT2D eigenvalue weighted by molar-refractivity contribution is -0.122. The van der Waals surface area contributed by atoms with Crippen LogP contribution in [0.5, 0.6) is 0 Å². The number of hydrogen-bond acceptors (Lipinski definition) is 6. The molecule has 1 fully saturated rings. The molecule has 11 heteroatoms. The van der Waals surface area contributed by atoms with E-state index in [0.29, 0.717) is 31.9 Å². The molecule has 202 valence electrons. The van der Waals surface area contributed by atoms with Gasteiger partial charge >= 0.3 is 4.87 Å². The molecule has 0 radical (unpaired) electrons. The van der Waals surface area contributed by atoms with E-state index in [-0.39, 0.29) is 17.3 Å². The predicted octanol–water partition coefficient (Wildman–Crippen LogP) is 5.45. The Bertz CT molecular complexity index is 1700. The topological polar surface area (TPSA) is 88.5 Å². The van der Waals surface area contributed by atoms with Crippen molar-refractivity contribution in [1.82, 2.24) is 4.57 Å². The smallest absolute Gasteiger partial charge is 0.308 e. The summed E-state index contributed by atoms with van der Waals surface area (Å²) in [4.78, 5) is 55.1. The van der Waals surface area contributed by atoms with Crippen LogP contribution in [0.15, 0.2) is 82.6 Å². The number of rotatable bonds is 5. The van der Waals surface area contributed by atoms with E-state index in [2.05, 4.69) is 5.32 Å². The first-order valence-corrected chi connectivity index (χ1v) is 14.4. The molecular formula is C29H21ClFN3O4S2. The van der Waals surface area contributed by atoms with E-state index in [1.54, 1.807) is 48.5 Å². The molecule has 7 nitrogen and oxygen atoms in total. The van der Waals surface area contributed by atoms with Crippen molar-refractivity contribution in [3.8, 4) is 0 Å². The number of nitrogens with one attached hydrogen (secondary N) is 1. The highest BCUT2D eigenvalue weighted by Gasteiger charge is 2.56. The largest absolute Gasteiger partial charge is 0.325 e. The third kappa shape index (κ3) is 4.66. The number of aromatic nitrogens is 1. The van der Waals surface area contributed by atoms with E-state index >= 15 is 0 Å². The molecule has 1 saturated heterocycles. The zero-order valence-corrected chi connectivity index (χ0v) is 23.4. The van der Waals surface area contributed by atoms with Crippen molar-refractivity contribution >= 4 is 63.8 Å². The Kier molecular flexibility index (Phi) is 6.85. The third-order valence-electron chi connectivity index (χ3n) is 7.00. The Morgan fingerprint density at radius 3 is 2.30 bits per heavy atom. The van der Waals surface area contributed by atoms with Gasteiger partial charge < -0.3 is 5.32 Å². The first kappa shape index (κ1) is 26.5. The Balaban J connectivity index is 1.40. The van der Waals surface area contributed by atoms with Gasteiger partial charge in [0.05, 0.1) is 16.6 Å². The number of imide groups is 1. The molecule has 40 heavy (non-hydrogen) atoms. The van der Waals surface area contributed by atoms with Crippen LogP contribution >= 0.6 is 34.7 Å². The Hall–Kier alpha value is -3.73. The van der Waals surface area contributed by atoms with Crippen molar-refractivity contribution in [2.75, 3.05) is 10.2 Å². The summed E-state index contributed by atoms with van der Waals surface area (Å²) in [6.07, 6.45) is 0. The molecule has 3 aromatic carbocycles. The number of fused-ring (bicyclic) bond motifs is 2. The van der Waals surface area contributed by atoms with Gasteiger partial charge in [0.15, 0.2) is 0 Å². The van der Waals surface area contributed by atoms with Crippen molar-refractivity contribution in [2.24, 2.45) is 5.92 Å². The summed E-state index contributed by atoms with van der Waals surface area (Å²) in [6.45, 7) is 1.63. The maximum absolute atomic E-state index is 13.9. The molecule has 0 spiro atoms. The third-order valence-corrected chi connectivity index (χ3v) is 9.86. The summed E-state index contributed by atoms with van der Waals surface area (Å²) in [5, 5.41) is 2.91. The summed E-state index contributed by atoms with van der Waals surface area (Å²) < 4.78 is 15.2. The highest BCUT2D eigenvalue weighted by Crippen LogP contribution is 2.53. The van der Waals surface area contributed by atoms with Gasteiger partial charge in [0.1, 0.15) is 17.6 Å². The van der Waals surface area contributed by atoms with Crippen LogP contribution in [0.2, 0.25) is 5.02 Å². The number of nitrogens with zero attached hydrogens (tertiary/aromatic N) is 2. The number of benzene rings is 3. The van der Waals surface area contributed by atoms with Crippen molar-refractivity contribution in [3.63, 3.8) is 0 Å². The average Bonchev–Trinajstić information content (AvgIpc) is 3.37. The van der Waals surface area contributed by atoms with E-state index < -0.39 is 34.7 Å². The van der Waals surface area contributed by atoms with Crippen LogP contribution in [0.25, 0.3) is 0 Å². The summed E-state index contributed by atoms with van der Waals surface area (Å²) in [6, 6.07) is 19.4. The SMILES string of the molecule is Cc1ccc(N2C(=O)C3Sc4c(sc(=O)n4CC(=O)Nc4ccc(Cl)cc4)[C@H](c4ccc(F)cc4)C3C2=O)cc1. The summed E-state index contributed by atoms with van der Waals surface area (Å²) in [7, 11) is 0. The second-order valence-corrected chi connectivity index (χ2v) is 12.2. The molecule has 3 amide bonds. The monoisotopic (exact) mass is 593 g/mol. The maximum atomic E-state index is 13.9. The number of carbonyl (C=O) groups is 3. The molecule has 4 aromatic rings. The lowest BCUT2D eigenvalue weighted by atomic mass is 9.83. The van der Waals surface area contributed by atoms with Gasteiger partial charge in [-0.15, -0.1) is 0 Å². The number of hydrogen-bond donors (Lipinski definition) is 1. The average molecular weight is 594 g/mol. The van der Waals surface area contributed by atoms with Crippen molar-refractivity contribution in [1.29, 1.82) is 0 Å². The fourth-order valence-corrected chi connectivity index (χ4v) is 8.01. The van der Waals surface area contributed by atoms with Crippen LogP contribution < -0.4 is 15.1 Å². The molecular weight excluding hydrogens is 573 g/mol. The van der Waals surface area contributed by atoms with E-state index in [1.807, 2.05) is 19.1 Å². The van der Waals surface area contributed by atoms with Gasteiger partial charge in [0, 0.05) is 21.5 Å². The molecule has 2 aliphatic heterocycles. The first-order valence-electron chi connectivity index (χ1n) is 12.4. The lowest BCUT2D eigenvalue weighted by Gasteiger charge is -2.30. The summed E-state index contributed by atoms with van der Waals surface area (Å²) in [5.74, 6) is -3.10. The van der Waals surface area contributed by atoms with Crippen molar-refractivity contribution in [3.05, 3.63) is 109 Å². The van der Waals surface area contributed by atoms with E-state index in [4.69, 9.17) is 11.6 Å². The number of anilines is 2. The zero-order valence-electron chi connectivity index (χ0n) is 21.0. The number of halogens is 2. The Morgan fingerprint density at radius 1 is 0.950 bits per heavy atom. The van der Waals surface area contributed by atoms with E-state index in [9.17, 15) is 23.6 Å². The van der Waals surface area contributed by atoms with Crippen LogP contribution in [-0.2, 0) is 20.9 Å². The number of carbonyl (C=O) groups excluding carboxylic acids is 3. The standard InChI is InChI=1S/C29H21ClFN3O4S2/c1-15-2-12-20(13-3-15)34-26(36)23-22(16-4-8-18(31)9-5-16)25-28(39-24(23)27(34)37)33(29(38)40-25)14-21(35)32-19-10-6-17(30)7-11-19/h2-13,22-24H,14H2,1H3,(H,32,35)/t22-,23?,24?/m1/s1. The van der Waals surface area contributed by atoms with Gasteiger partial charge in [-0.3, -0.25) is 23.7 Å². The second-order valence-electron chi connectivity index (χ2n) is 9.62. The molecule has 3 heterocycles. The molecule has 6 rings (SSSR count). The Labute approximate surface area is 241 Å². The van der Waals surface area contributed by atoms with Crippen molar-refractivity contribution < 1.29 is 18.8 Å². The number of thioether (sulfide) groups is 1. The fourth-order valence-electron chi connectivity index (χ4n) is 5.11. The molecule has 0 aliphatic carbocycles. The van der Waals surface area contributed by atoms with Crippen LogP contribution in [0.1, 0.15) is 21.9 Å². The highest BCUT2D eigenvalue weighted by molar-refractivity contribution is 8.00. The zero-order chi connectivity index (χ0) is 28.1. The maximum Gasteiger partial charge on any atom is 0.308 e. The summed E-state index contributed by atoms with van der Waals surface area (Å²) >= 11 is 7.99. The number of amides is 3. The van der Waals surface area contributed by atoms with Crippen LogP contribution in [0.4, 0.5) is 15.8 Å². The minimum Gasteiger partial charge on any atom is -0.325 e. The molecule has 0 saturated carbocycles. The van der Waals surface area contributed by atoms with Crippen LogP contribution in [-0.4, -0.2) is 27.5 Å². The van der Waals surface area contributed by atoms with Crippen LogP contribution in [0, 0.1) is 18.7 Å². The van der Waals surface area contributed by atoms with Crippen molar-refractivity contribution in [2.45, 2.75) is 29.7 Å². The number of thiazole rings is 1. The minimum absolute atomic E-state index is 0.280. The molecule has 2 unspecified atom stereocenters. The fraction of sp³-hybridized carbons (Fsp3) is 0.172. The summed E-state index contributed by atoms with van der Waals surface area (Å²) in [5.41, 5.74) is 2.59. The quantitative estimate of drug-likeness (QED) is 0.311. The number of aryl methyl sites for hydroxylation is 1. The first-order chi connectivity index (χ1) is 19.2. The molecule has 2 aliphatic rings.